The minimum Gasteiger partial charge on any atom is -0.377 e. The number of carbonyl (C=O) groups is 2. The van der Waals surface area contributed by atoms with Crippen LogP contribution in [0.4, 0.5) is 4.79 Å². The van der Waals surface area contributed by atoms with E-state index >= 15 is 0 Å². The van der Waals surface area contributed by atoms with E-state index in [4.69, 9.17) is 16.3 Å². The maximum Gasteiger partial charge on any atom is 0.324 e. The Balaban J connectivity index is 2.62. The normalized spacial score (nSPS) is 21.4. The average molecular weight is 249 g/mol. The molecule has 16 heavy (non-hydrogen) atoms. The summed E-state index contributed by atoms with van der Waals surface area (Å²) >= 11 is 5.57. The first-order valence-electron chi connectivity index (χ1n) is 5.19. The van der Waals surface area contributed by atoms with Crippen molar-refractivity contribution in [1.82, 2.24) is 10.2 Å². The Labute approximate surface area is 100 Å². The lowest BCUT2D eigenvalue weighted by atomic mass is 10.0. The molecule has 1 unspecified atom stereocenters. The van der Waals surface area contributed by atoms with Crippen molar-refractivity contribution in [2.75, 3.05) is 19.8 Å². The molecule has 0 aromatic carbocycles. The van der Waals surface area contributed by atoms with E-state index in [9.17, 15) is 9.59 Å². The van der Waals surface area contributed by atoms with Crippen LogP contribution in [0.2, 0.25) is 0 Å². The molecule has 0 saturated carbocycles. The number of hydrogen-bond donors (Lipinski definition) is 1. The van der Waals surface area contributed by atoms with Gasteiger partial charge in [-0.05, 0) is 20.8 Å². The number of hydrogen-bond acceptors (Lipinski definition) is 3. The van der Waals surface area contributed by atoms with Gasteiger partial charge >= 0.3 is 6.03 Å². The number of nitrogens with one attached hydrogen (secondary N) is 1. The van der Waals surface area contributed by atoms with Gasteiger partial charge in [-0.1, -0.05) is 0 Å². The Morgan fingerprint density at radius 1 is 1.50 bits per heavy atom. The van der Waals surface area contributed by atoms with E-state index in [2.05, 4.69) is 5.32 Å². The summed E-state index contributed by atoms with van der Waals surface area (Å²) in [5, 5.41) is 1.55. The summed E-state index contributed by atoms with van der Waals surface area (Å²) in [5.41, 5.74) is -0.405. The molecule has 1 fully saturated rings. The third-order valence-corrected chi connectivity index (χ3v) is 2.68. The molecule has 1 rings (SSSR count). The van der Waals surface area contributed by atoms with E-state index in [1.165, 1.54) is 6.92 Å². The van der Waals surface area contributed by atoms with Gasteiger partial charge in [-0.25, -0.2) is 4.79 Å². The van der Waals surface area contributed by atoms with Crippen molar-refractivity contribution in [2.24, 2.45) is 0 Å². The van der Waals surface area contributed by atoms with E-state index in [1.54, 1.807) is 4.90 Å². The van der Waals surface area contributed by atoms with Crippen LogP contribution < -0.4 is 5.32 Å². The third-order valence-electron chi connectivity index (χ3n) is 2.48. The first kappa shape index (κ1) is 13.3. The van der Waals surface area contributed by atoms with Crippen molar-refractivity contribution in [2.45, 2.75) is 31.7 Å². The average Bonchev–Trinajstić information content (AvgIpc) is 2.16. The summed E-state index contributed by atoms with van der Waals surface area (Å²) in [6.45, 7) is 6.73. The molecule has 3 amide bonds. The number of halogens is 1. The summed E-state index contributed by atoms with van der Waals surface area (Å²) in [5.74, 6) is -0.478. The van der Waals surface area contributed by atoms with Crippen LogP contribution in [0, 0.1) is 0 Å². The molecule has 0 aliphatic carbocycles. The molecule has 1 aliphatic heterocycles. The predicted molar refractivity (Wildman–Crippen MR) is 60.5 cm³/mol. The highest BCUT2D eigenvalue weighted by molar-refractivity contribution is 6.31. The van der Waals surface area contributed by atoms with Crippen LogP contribution in [-0.4, -0.2) is 47.5 Å². The van der Waals surface area contributed by atoms with Gasteiger partial charge in [0.2, 0.25) is 5.91 Å². The number of rotatable bonds is 1. The highest BCUT2D eigenvalue weighted by Crippen LogP contribution is 2.18. The lowest BCUT2D eigenvalue weighted by molar-refractivity contribution is -0.120. The molecule has 0 spiro atoms. The first-order valence-corrected chi connectivity index (χ1v) is 5.62. The highest BCUT2D eigenvalue weighted by Gasteiger charge is 2.34. The van der Waals surface area contributed by atoms with E-state index < -0.39 is 22.9 Å². The number of morpholine rings is 1. The van der Waals surface area contributed by atoms with Gasteiger partial charge in [0.15, 0.2) is 0 Å². The number of nitrogens with zero attached hydrogens (tertiary/aromatic N) is 1. The molecule has 1 atom stereocenters. The Morgan fingerprint density at radius 3 is 2.62 bits per heavy atom. The van der Waals surface area contributed by atoms with Crippen LogP contribution in [-0.2, 0) is 9.53 Å². The zero-order valence-corrected chi connectivity index (χ0v) is 10.5. The van der Waals surface area contributed by atoms with Gasteiger partial charge in [-0.15, -0.1) is 11.6 Å². The van der Waals surface area contributed by atoms with Crippen LogP contribution in [0.3, 0.4) is 0 Å². The van der Waals surface area contributed by atoms with Gasteiger partial charge < -0.3 is 9.64 Å². The second-order valence-electron chi connectivity index (χ2n) is 4.43. The quantitative estimate of drug-likeness (QED) is 0.704. The summed E-state index contributed by atoms with van der Waals surface area (Å²) < 4.78 is 5.28. The monoisotopic (exact) mass is 248 g/mol. The number of amides is 3. The fourth-order valence-electron chi connectivity index (χ4n) is 1.51. The van der Waals surface area contributed by atoms with Gasteiger partial charge in [-0.2, -0.15) is 0 Å². The molecule has 1 saturated heterocycles. The first-order chi connectivity index (χ1) is 7.34. The third kappa shape index (κ3) is 3.09. The van der Waals surface area contributed by atoms with Crippen LogP contribution in [0.15, 0.2) is 0 Å². The zero-order valence-electron chi connectivity index (χ0n) is 9.75. The fraction of sp³-hybridized carbons (Fsp3) is 0.800. The maximum atomic E-state index is 11.8. The number of alkyl halides is 1. The van der Waals surface area contributed by atoms with Crippen molar-refractivity contribution >= 4 is 23.5 Å². The molecule has 6 heteroatoms. The SMILES string of the molecule is CC(Cl)C(=O)NC(=O)N1CCOCC1(C)C. The predicted octanol–water partition coefficient (Wildman–Crippen LogP) is 0.961. The van der Waals surface area contributed by atoms with Crippen LogP contribution in [0.25, 0.3) is 0 Å². The standard InChI is InChI=1S/C10H17ClN2O3/c1-7(11)8(14)12-9(15)13-4-5-16-6-10(13,2)3/h7H,4-6H2,1-3H3,(H,12,14,15). The number of imide groups is 1. The van der Waals surface area contributed by atoms with Gasteiger partial charge in [0, 0.05) is 6.54 Å². The molecule has 0 aromatic rings. The number of urea groups is 1. The summed E-state index contributed by atoms with van der Waals surface area (Å²) in [6.07, 6.45) is 0. The molecule has 0 aromatic heterocycles. The minimum absolute atomic E-state index is 0.405. The van der Waals surface area contributed by atoms with Gasteiger partial charge in [-0.3, -0.25) is 10.1 Å². The maximum absolute atomic E-state index is 11.8. The molecule has 1 aliphatic rings. The Kier molecular flexibility index (Phi) is 4.15. The second kappa shape index (κ2) is 5.01. The molecule has 0 radical (unpaired) electrons. The van der Waals surface area contributed by atoms with E-state index in [0.717, 1.165) is 0 Å². The second-order valence-corrected chi connectivity index (χ2v) is 5.08. The summed E-state index contributed by atoms with van der Waals surface area (Å²) in [7, 11) is 0. The van der Waals surface area contributed by atoms with Crippen molar-refractivity contribution in [3.05, 3.63) is 0 Å². The summed E-state index contributed by atoms with van der Waals surface area (Å²) in [6, 6.07) is -0.411. The van der Waals surface area contributed by atoms with Gasteiger partial charge in [0.25, 0.3) is 0 Å². The molecule has 5 nitrogen and oxygen atoms in total. The van der Waals surface area contributed by atoms with Crippen molar-refractivity contribution < 1.29 is 14.3 Å². The van der Waals surface area contributed by atoms with Gasteiger partial charge in [0.1, 0.15) is 5.38 Å². The van der Waals surface area contributed by atoms with Crippen LogP contribution >= 0.6 is 11.6 Å². The molecular weight excluding hydrogens is 232 g/mol. The minimum atomic E-state index is -0.715. The molecule has 92 valence electrons. The molecule has 1 heterocycles. The molecule has 1 N–H and O–H groups in total. The lowest BCUT2D eigenvalue weighted by Crippen LogP contribution is -2.59. The van der Waals surface area contributed by atoms with E-state index in [1.807, 2.05) is 13.8 Å². The van der Waals surface area contributed by atoms with Crippen LogP contribution in [0.5, 0.6) is 0 Å². The Morgan fingerprint density at radius 2 is 2.12 bits per heavy atom. The Hall–Kier alpha value is -0.810. The smallest absolute Gasteiger partial charge is 0.324 e. The van der Waals surface area contributed by atoms with E-state index in [-0.39, 0.29) is 0 Å². The van der Waals surface area contributed by atoms with Crippen molar-refractivity contribution in [3.63, 3.8) is 0 Å². The number of ether oxygens (including phenoxy) is 1. The zero-order chi connectivity index (χ0) is 12.3. The fourth-order valence-corrected chi connectivity index (χ4v) is 1.56. The highest BCUT2D eigenvalue weighted by atomic mass is 35.5. The lowest BCUT2D eigenvalue weighted by Gasteiger charge is -2.41. The van der Waals surface area contributed by atoms with Gasteiger partial charge in [0.05, 0.1) is 18.8 Å². The van der Waals surface area contributed by atoms with Crippen molar-refractivity contribution in [3.8, 4) is 0 Å². The Bertz CT molecular complexity index is 292. The van der Waals surface area contributed by atoms with E-state index in [0.29, 0.717) is 19.8 Å². The topological polar surface area (TPSA) is 58.6 Å². The largest absolute Gasteiger partial charge is 0.377 e. The van der Waals surface area contributed by atoms with Crippen LogP contribution in [0.1, 0.15) is 20.8 Å². The molecule has 0 bridgehead atoms. The van der Waals surface area contributed by atoms with Crippen molar-refractivity contribution in [1.29, 1.82) is 0 Å². The molecular formula is C10H17ClN2O3. The number of carbonyl (C=O) groups excluding carboxylic acids is 2. The summed E-state index contributed by atoms with van der Waals surface area (Å²) in [4.78, 5) is 24.7.